The molecule has 0 heterocycles. The zero-order valence-corrected chi connectivity index (χ0v) is 13.8. The summed E-state index contributed by atoms with van der Waals surface area (Å²) in [5.74, 6) is 1.62. The molecule has 0 N–H and O–H groups in total. The fourth-order valence-corrected chi connectivity index (χ4v) is 2.48. The molecule has 1 aromatic rings. The highest BCUT2D eigenvalue weighted by Gasteiger charge is 2.19. The van der Waals surface area contributed by atoms with Gasteiger partial charge >= 0.3 is 0 Å². The summed E-state index contributed by atoms with van der Waals surface area (Å²) in [4.78, 5) is 0. The van der Waals surface area contributed by atoms with Crippen molar-refractivity contribution >= 4 is 15.9 Å². The molecule has 0 aromatic heterocycles. The van der Waals surface area contributed by atoms with E-state index in [9.17, 15) is 0 Å². The van der Waals surface area contributed by atoms with Gasteiger partial charge in [0.1, 0.15) is 5.75 Å². The van der Waals surface area contributed by atoms with Crippen LogP contribution in [0, 0.1) is 12.8 Å². The number of aryl methyl sites for hydroxylation is 1. The molecule has 1 aromatic carbocycles. The zero-order valence-electron chi connectivity index (χ0n) is 12.2. The van der Waals surface area contributed by atoms with Gasteiger partial charge in [-0.25, -0.2) is 0 Å². The fourth-order valence-electron chi connectivity index (χ4n) is 1.83. The predicted molar refractivity (Wildman–Crippen MR) is 82.9 cm³/mol. The largest absolute Gasteiger partial charge is 0.493 e. The van der Waals surface area contributed by atoms with Crippen LogP contribution in [0.1, 0.15) is 45.2 Å². The molecule has 0 radical (unpaired) electrons. The van der Waals surface area contributed by atoms with E-state index < -0.39 is 0 Å². The van der Waals surface area contributed by atoms with Gasteiger partial charge in [-0.05, 0) is 30.4 Å². The lowest BCUT2D eigenvalue weighted by molar-refractivity contribution is 0.254. The van der Waals surface area contributed by atoms with Crippen molar-refractivity contribution in [2.24, 2.45) is 5.92 Å². The van der Waals surface area contributed by atoms with Crippen LogP contribution in [-0.4, -0.2) is 11.9 Å². The maximum Gasteiger partial charge on any atom is 0.123 e. The van der Waals surface area contributed by atoms with Crippen molar-refractivity contribution in [2.45, 2.75) is 46.5 Å². The first-order chi connectivity index (χ1) is 8.38. The number of alkyl halides is 1. The van der Waals surface area contributed by atoms with Crippen molar-refractivity contribution in [3.05, 3.63) is 29.3 Å². The third-order valence-corrected chi connectivity index (χ3v) is 4.13. The Hall–Kier alpha value is -0.500. The van der Waals surface area contributed by atoms with Crippen molar-refractivity contribution in [1.82, 2.24) is 0 Å². The van der Waals surface area contributed by atoms with E-state index in [0.29, 0.717) is 5.92 Å². The summed E-state index contributed by atoms with van der Waals surface area (Å²) in [6.45, 7) is 11.8. The van der Waals surface area contributed by atoms with Crippen LogP contribution in [0.4, 0.5) is 0 Å². The maximum atomic E-state index is 6.03. The van der Waals surface area contributed by atoms with Gasteiger partial charge in [0.15, 0.2) is 0 Å². The normalized spacial score (nSPS) is 13.4. The first-order valence-corrected chi connectivity index (χ1v) is 7.80. The van der Waals surface area contributed by atoms with E-state index in [4.69, 9.17) is 4.74 Å². The molecule has 1 atom stereocenters. The molecule has 0 spiro atoms. The van der Waals surface area contributed by atoms with Gasteiger partial charge < -0.3 is 4.74 Å². The van der Waals surface area contributed by atoms with Crippen molar-refractivity contribution in [2.75, 3.05) is 11.9 Å². The Morgan fingerprint density at radius 1 is 1.28 bits per heavy atom. The lowest BCUT2D eigenvalue weighted by Gasteiger charge is -2.24. The minimum atomic E-state index is 0.122. The van der Waals surface area contributed by atoms with Crippen molar-refractivity contribution in [3.8, 4) is 5.75 Å². The van der Waals surface area contributed by atoms with Crippen LogP contribution in [-0.2, 0) is 5.41 Å². The standard InChI is InChI=1S/C16H25BrO/c1-6-13(10-17)11-18-15-8-7-12(2)9-14(15)16(3,4)5/h7-9,13H,6,10-11H2,1-5H3. The van der Waals surface area contributed by atoms with Crippen LogP contribution >= 0.6 is 15.9 Å². The predicted octanol–water partition coefficient (Wildman–Crippen LogP) is 5.09. The molecule has 18 heavy (non-hydrogen) atoms. The highest BCUT2D eigenvalue weighted by atomic mass is 79.9. The summed E-state index contributed by atoms with van der Waals surface area (Å²) in [5, 5.41) is 1.00. The van der Waals surface area contributed by atoms with Gasteiger partial charge in [-0.1, -0.05) is 61.3 Å². The Kier molecular flexibility index (Phi) is 5.71. The number of hydrogen-bond acceptors (Lipinski definition) is 1. The molecular weight excluding hydrogens is 288 g/mol. The summed E-state index contributed by atoms with van der Waals surface area (Å²) in [7, 11) is 0. The second kappa shape index (κ2) is 6.60. The van der Waals surface area contributed by atoms with Gasteiger partial charge in [0.05, 0.1) is 6.61 Å². The Balaban J connectivity index is 2.88. The van der Waals surface area contributed by atoms with Crippen molar-refractivity contribution in [1.29, 1.82) is 0 Å². The maximum absolute atomic E-state index is 6.03. The molecule has 0 saturated heterocycles. The zero-order chi connectivity index (χ0) is 13.8. The van der Waals surface area contributed by atoms with E-state index >= 15 is 0 Å². The molecule has 0 aliphatic rings. The number of rotatable bonds is 5. The molecule has 0 fully saturated rings. The number of ether oxygens (including phenoxy) is 1. The molecule has 1 rings (SSSR count). The molecule has 1 nitrogen and oxygen atoms in total. The summed E-state index contributed by atoms with van der Waals surface area (Å²) in [6, 6.07) is 6.47. The first-order valence-electron chi connectivity index (χ1n) is 6.68. The molecular formula is C16H25BrO. The molecule has 0 aliphatic carbocycles. The van der Waals surface area contributed by atoms with E-state index in [-0.39, 0.29) is 5.41 Å². The van der Waals surface area contributed by atoms with E-state index in [2.05, 4.69) is 68.7 Å². The summed E-state index contributed by atoms with van der Waals surface area (Å²) in [5.41, 5.74) is 2.71. The number of hydrogen-bond donors (Lipinski definition) is 0. The van der Waals surface area contributed by atoms with Crippen LogP contribution in [0.2, 0.25) is 0 Å². The molecule has 0 saturated carbocycles. The SMILES string of the molecule is CCC(CBr)COc1ccc(C)cc1C(C)(C)C. The Morgan fingerprint density at radius 3 is 2.44 bits per heavy atom. The van der Waals surface area contributed by atoms with Crippen LogP contribution < -0.4 is 4.74 Å². The Bertz CT molecular complexity index is 375. The number of halogens is 1. The van der Waals surface area contributed by atoms with E-state index in [0.717, 1.165) is 24.1 Å². The fraction of sp³-hybridized carbons (Fsp3) is 0.625. The van der Waals surface area contributed by atoms with Gasteiger partial charge in [-0.2, -0.15) is 0 Å². The van der Waals surface area contributed by atoms with Gasteiger partial charge in [0.25, 0.3) is 0 Å². The van der Waals surface area contributed by atoms with E-state index in [1.165, 1.54) is 11.1 Å². The highest BCUT2D eigenvalue weighted by molar-refractivity contribution is 9.09. The van der Waals surface area contributed by atoms with E-state index in [1.54, 1.807) is 0 Å². The lowest BCUT2D eigenvalue weighted by atomic mass is 9.85. The van der Waals surface area contributed by atoms with Crippen LogP contribution in [0.3, 0.4) is 0 Å². The minimum Gasteiger partial charge on any atom is -0.493 e. The van der Waals surface area contributed by atoms with Crippen molar-refractivity contribution < 1.29 is 4.74 Å². The molecule has 2 heteroatoms. The molecule has 1 unspecified atom stereocenters. The van der Waals surface area contributed by atoms with Gasteiger partial charge in [0.2, 0.25) is 0 Å². The first kappa shape index (κ1) is 15.6. The Morgan fingerprint density at radius 2 is 1.94 bits per heavy atom. The summed E-state index contributed by atoms with van der Waals surface area (Å²) in [6.07, 6.45) is 1.14. The van der Waals surface area contributed by atoms with Crippen molar-refractivity contribution in [3.63, 3.8) is 0 Å². The topological polar surface area (TPSA) is 9.23 Å². The third-order valence-electron chi connectivity index (χ3n) is 3.21. The monoisotopic (exact) mass is 312 g/mol. The summed E-state index contributed by atoms with van der Waals surface area (Å²) >= 11 is 3.54. The van der Waals surface area contributed by atoms with Gasteiger partial charge in [-0.15, -0.1) is 0 Å². The second-order valence-corrected chi connectivity index (χ2v) is 6.64. The summed E-state index contributed by atoms with van der Waals surface area (Å²) < 4.78 is 6.03. The Labute approximate surface area is 120 Å². The molecule has 102 valence electrons. The molecule has 0 bridgehead atoms. The quantitative estimate of drug-likeness (QED) is 0.688. The average molecular weight is 313 g/mol. The second-order valence-electron chi connectivity index (χ2n) is 5.99. The van der Waals surface area contributed by atoms with E-state index in [1.807, 2.05) is 0 Å². The van der Waals surface area contributed by atoms with Crippen LogP contribution in [0.25, 0.3) is 0 Å². The average Bonchev–Trinajstić information content (AvgIpc) is 2.30. The molecule has 0 aliphatic heterocycles. The van der Waals surface area contributed by atoms with Crippen LogP contribution in [0.5, 0.6) is 5.75 Å². The highest BCUT2D eigenvalue weighted by Crippen LogP contribution is 2.32. The van der Waals surface area contributed by atoms with Gasteiger partial charge in [-0.3, -0.25) is 0 Å². The van der Waals surface area contributed by atoms with Gasteiger partial charge in [0, 0.05) is 11.2 Å². The smallest absolute Gasteiger partial charge is 0.123 e. The minimum absolute atomic E-state index is 0.122. The lowest BCUT2D eigenvalue weighted by Crippen LogP contribution is -2.17. The van der Waals surface area contributed by atoms with Crippen LogP contribution in [0.15, 0.2) is 18.2 Å². The molecule has 0 amide bonds. The number of benzene rings is 1. The third kappa shape index (κ3) is 4.31.